The van der Waals surface area contributed by atoms with E-state index in [1.165, 1.54) is 0 Å². The maximum atomic E-state index is 13.3. The summed E-state index contributed by atoms with van der Waals surface area (Å²) >= 11 is 5.95. The van der Waals surface area contributed by atoms with E-state index < -0.39 is 11.8 Å². The van der Waals surface area contributed by atoms with Gasteiger partial charge in [0, 0.05) is 53.8 Å². The van der Waals surface area contributed by atoms with Crippen molar-refractivity contribution in [3.05, 3.63) is 82.6 Å². The molecule has 2 aliphatic heterocycles. The van der Waals surface area contributed by atoms with Gasteiger partial charge in [-0.15, -0.1) is 0 Å². The van der Waals surface area contributed by atoms with Crippen molar-refractivity contribution < 1.29 is 23.0 Å². The topological polar surface area (TPSA) is 45.6 Å². The maximum Gasteiger partial charge on any atom is 0.417 e. The molecule has 2 fully saturated rings. The number of nitrogens with zero attached hydrogens (tertiary/aromatic N) is 2. The minimum absolute atomic E-state index is 0.266. The molecule has 38 heavy (non-hydrogen) atoms. The minimum Gasteiger partial charge on any atom is -0.492 e. The Kier molecular flexibility index (Phi) is 7.41. The van der Waals surface area contributed by atoms with E-state index in [9.17, 15) is 18.3 Å². The number of halogens is 4. The van der Waals surface area contributed by atoms with Crippen molar-refractivity contribution in [2.24, 2.45) is 0 Å². The normalized spacial score (nSPS) is 23.1. The highest BCUT2D eigenvalue weighted by molar-refractivity contribution is 6.30. The fourth-order valence-corrected chi connectivity index (χ4v) is 5.61. The predicted molar refractivity (Wildman–Crippen MR) is 141 cm³/mol. The van der Waals surface area contributed by atoms with Gasteiger partial charge in [-0.3, -0.25) is 4.90 Å². The second kappa shape index (κ2) is 10.6. The highest BCUT2D eigenvalue weighted by Gasteiger charge is 2.60. The molecule has 1 N–H and O–H groups in total. The SMILES string of the molecule is Cc1cc(C#Cc2ccc(-c3ccc(Cl)cc3)cn2)ccc1OCCN1[C@@H]2CC[C@H]1C[C@](O)(C(F)(F)F)C2. The number of aliphatic hydroxyl groups is 1. The third-order valence-electron chi connectivity index (χ3n) is 7.50. The van der Waals surface area contributed by atoms with Crippen LogP contribution in [-0.4, -0.2) is 52.0 Å². The summed E-state index contributed by atoms with van der Waals surface area (Å²) in [4.78, 5) is 6.51. The maximum absolute atomic E-state index is 13.3. The van der Waals surface area contributed by atoms with E-state index in [1.54, 1.807) is 6.20 Å². The van der Waals surface area contributed by atoms with Crippen LogP contribution in [0.25, 0.3) is 11.1 Å². The van der Waals surface area contributed by atoms with Gasteiger partial charge in [0.05, 0.1) is 0 Å². The molecule has 2 saturated heterocycles. The Morgan fingerprint density at radius 1 is 1.03 bits per heavy atom. The number of hydrogen-bond acceptors (Lipinski definition) is 4. The molecule has 0 spiro atoms. The molecule has 3 heterocycles. The summed E-state index contributed by atoms with van der Waals surface area (Å²) < 4.78 is 45.9. The number of pyridine rings is 1. The van der Waals surface area contributed by atoms with Gasteiger partial charge in [0.15, 0.2) is 5.60 Å². The van der Waals surface area contributed by atoms with Crippen LogP contribution in [0.15, 0.2) is 60.8 Å². The molecule has 4 nitrogen and oxygen atoms in total. The smallest absolute Gasteiger partial charge is 0.417 e. The lowest BCUT2D eigenvalue weighted by Gasteiger charge is -2.44. The summed E-state index contributed by atoms with van der Waals surface area (Å²) in [7, 11) is 0. The van der Waals surface area contributed by atoms with Crippen molar-refractivity contribution in [2.75, 3.05) is 13.2 Å². The van der Waals surface area contributed by atoms with Crippen molar-refractivity contribution in [1.82, 2.24) is 9.88 Å². The van der Waals surface area contributed by atoms with E-state index in [2.05, 4.69) is 21.7 Å². The quantitative estimate of drug-likeness (QED) is 0.380. The number of fused-ring (bicyclic) bond motifs is 2. The van der Waals surface area contributed by atoms with E-state index >= 15 is 0 Å². The van der Waals surface area contributed by atoms with Crippen LogP contribution in [0.2, 0.25) is 5.02 Å². The molecule has 8 heteroatoms. The average Bonchev–Trinajstić information content (AvgIpc) is 3.13. The summed E-state index contributed by atoms with van der Waals surface area (Å²) in [6, 6.07) is 16.6. The van der Waals surface area contributed by atoms with Crippen molar-refractivity contribution in [1.29, 1.82) is 0 Å². The fourth-order valence-electron chi connectivity index (χ4n) is 5.48. The number of hydrogen-bond donors (Lipinski definition) is 1. The van der Waals surface area contributed by atoms with Crippen LogP contribution in [0.1, 0.15) is 42.5 Å². The van der Waals surface area contributed by atoms with Crippen molar-refractivity contribution in [3.63, 3.8) is 0 Å². The van der Waals surface area contributed by atoms with E-state index in [-0.39, 0.29) is 24.9 Å². The highest BCUT2D eigenvalue weighted by atomic mass is 35.5. The van der Waals surface area contributed by atoms with E-state index in [0.29, 0.717) is 36.7 Å². The molecule has 0 unspecified atom stereocenters. The Bertz CT molecular complexity index is 1330. The number of aromatic nitrogens is 1. The number of rotatable bonds is 5. The van der Waals surface area contributed by atoms with Gasteiger partial charge >= 0.3 is 6.18 Å². The molecule has 5 rings (SSSR count). The first kappa shape index (κ1) is 26.6. The summed E-state index contributed by atoms with van der Waals surface area (Å²) in [6.45, 7) is 2.84. The Morgan fingerprint density at radius 2 is 1.71 bits per heavy atom. The second-order valence-electron chi connectivity index (χ2n) is 10.1. The lowest BCUT2D eigenvalue weighted by atomic mass is 9.85. The number of piperidine rings is 1. The van der Waals surface area contributed by atoms with Crippen LogP contribution in [0.3, 0.4) is 0 Å². The van der Waals surface area contributed by atoms with Crippen molar-refractivity contribution >= 4 is 11.6 Å². The Hall–Kier alpha value is -3.05. The Balaban J connectivity index is 1.16. The monoisotopic (exact) mass is 540 g/mol. The number of alkyl halides is 3. The lowest BCUT2D eigenvalue weighted by Crippen LogP contribution is -2.58. The Morgan fingerprint density at radius 3 is 2.32 bits per heavy atom. The largest absolute Gasteiger partial charge is 0.492 e. The van der Waals surface area contributed by atoms with Gasteiger partial charge in [-0.1, -0.05) is 35.7 Å². The van der Waals surface area contributed by atoms with E-state index in [1.807, 2.05) is 61.5 Å². The number of aryl methyl sites for hydroxylation is 1. The third-order valence-corrected chi connectivity index (χ3v) is 7.76. The molecule has 3 aromatic rings. The zero-order valence-corrected chi connectivity index (χ0v) is 21.7. The van der Waals surface area contributed by atoms with Gasteiger partial charge < -0.3 is 9.84 Å². The zero-order chi connectivity index (χ0) is 26.9. The fraction of sp³-hybridized carbons (Fsp3) is 0.367. The minimum atomic E-state index is -4.59. The second-order valence-corrected chi connectivity index (χ2v) is 10.5. The van der Waals surface area contributed by atoms with Crippen molar-refractivity contribution in [2.45, 2.75) is 56.5 Å². The standard InChI is InChI=1S/C30H28ClF3N2O2/c1-20-16-21(2-9-25-10-6-23(19-35-25)22-4-7-24(31)8-5-22)3-13-28(20)38-15-14-36-26-11-12-27(36)18-29(37,17-26)30(32,33)34/h3-8,10,13,16,19,26-27,37H,11-12,14-15,17-18H2,1H3/t26-,27+,29+. The van der Waals surface area contributed by atoms with Crippen LogP contribution >= 0.6 is 11.6 Å². The van der Waals surface area contributed by atoms with E-state index in [4.69, 9.17) is 16.3 Å². The first-order valence-corrected chi connectivity index (χ1v) is 13.0. The van der Waals surface area contributed by atoms with Crippen LogP contribution in [0.5, 0.6) is 5.75 Å². The highest BCUT2D eigenvalue weighted by Crippen LogP contribution is 2.47. The lowest BCUT2D eigenvalue weighted by molar-refractivity contribution is -0.279. The first-order valence-electron chi connectivity index (χ1n) is 12.6. The van der Waals surface area contributed by atoms with Gasteiger partial charge in [0.1, 0.15) is 18.1 Å². The van der Waals surface area contributed by atoms with Gasteiger partial charge in [-0.05, 0) is 73.2 Å². The van der Waals surface area contributed by atoms with Gasteiger partial charge in [0.25, 0.3) is 0 Å². The molecule has 3 atom stereocenters. The van der Waals surface area contributed by atoms with Crippen LogP contribution < -0.4 is 4.74 Å². The summed E-state index contributed by atoms with van der Waals surface area (Å²) in [5.41, 5.74) is 1.86. The van der Waals surface area contributed by atoms with Crippen LogP contribution in [-0.2, 0) is 0 Å². The summed E-state index contributed by atoms with van der Waals surface area (Å²) in [6.07, 6.45) is -1.98. The number of benzene rings is 2. The molecule has 0 radical (unpaired) electrons. The molecule has 2 bridgehead atoms. The molecule has 0 saturated carbocycles. The first-order chi connectivity index (χ1) is 18.1. The molecule has 0 aliphatic carbocycles. The van der Waals surface area contributed by atoms with Gasteiger partial charge in [-0.2, -0.15) is 13.2 Å². The average molecular weight is 541 g/mol. The van der Waals surface area contributed by atoms with Crippen molar-refractivity contribution in [3.8, 4) is 28.7 Å². The number of ether oxygens (including phenoxy) is 1. The predicted octanol–water partition coefficient (Wildman–Crippen LogP) is 6.41. The Labute approximate surface area is 225 Å². The molecule has 1 aromatic heterocycles. The summed E-state index contributed by atoms with van der Waals surface area (Å²) in [5, 5.41) is 10.8. The summed E-state index contributed by atoms with van der Waals surface area (Å²) in [5.74, 6) is 6.94. The van der Waals surface area contributed by atoms with Crippen LogP contribution in [0.4, 0.5) is 13.2 Å². The molecular formula is C30H28ClF3N2O2. The third kappa shape index (κ3) is 5.68. The molecule has 0 amide bonds. The zero-order valence-electron chi connectivity index (χ0n) is 20.9. The van der Waals surface area contributed by atoms with Crippen LogP contribution in [0, 0.1) is 18.8 Å². The molecule has 198 valence electrons. The molecule has 2 aromatic carbocycles. The molecular weight excluding hydrogens is 513 g/mol. The van der Waals surface area contributed by atoms with Gasteiger partial charge in [-0.25, -0.2) is 4.98 Å². The van der Waals surface area contributed by atoms with E-state index in [0.717, 1.165) is 28.0 Å². The van der Waals surface area contributed by atoms with Gasteiger partial charge in [0.2, 0.25) is 0 Å². The molecule has 2 aliphatic rings.